The molecule has 0 fully saturated rings. The number of amides is 2. The van der Waals surface area contributed by atoms with E-state index >= 15 is 0 Å². The van der Waals surface area contributed by atoms with Crippen LogP contribution in [0.15, 0.2) is 36.4 Å². The maximum Gasteiger partial charge on any atom is 0.265 e. The zero-order valence-corrected chi connectivity index (χ0v) is 13.4. The summed E-state index contributed by atoms with van der Waals surface area (Å²) in [4.78, 5) is 25.8. The number of carbonyl (C=O) groups is 2. The Labute approximate surface area is 139 Å². The molecule has 1 aliphatic rings. The second kappa shape index (κ2) is 6.31. The number of aryl methyl sites for hydroxylation is 2. The lowest BCUT2D eigenvalue weighted by atomic mass is 10.1. The first-order valence-electron chi connectivity index (χ1n) is 7.54. The van der Waals surface area contributed by atoms with E-state index < -0.39 is 11.7 Å². The number of halogens is 1. The Morgan fingerprint density at radius 3 is 2.83 bits per heavy atom. The summed E-state index contributed by atoms with van der Waals surface area (Å²) in [5.41, 5.74) is 2.70. The minimum Gasteiger partial charge on any atom is -0.482 e. The van der Waals surface area contributed by atoms with Crippen LogP contribution in [0.5, 0.6) is 5.75 Å². The summed E-state index contributed by atoms with van der Waals surface area (Å²) < 4.78 is 18.7. The van der Waals surface area contributed by atoms with Gasteiger partial charge in [-0.3, -0.25) is 14.5 Å². The van der Waals surface area contributed by atoms with Crippen LogP contribution >= 0.6 is 0 Å². The predicted molar refractivity (Wildman–Crippen MR) is 88.8 cm³/mol. The number of benzene rings is 2. The van der Waals surface area contributed by atoms with Crippen molar-refractivity contribution in [1.29, 1.82) is 0 Å². The van der Waals surface area contributed by atoms with E-state index in [1.807, 2.05) is 19.1 Å². The minimum absolute atomic E-state index is 0.108. The molecular formula is C18H17FN2O3. The van der Waals surface area contributed by atoms with Gasteiger partial charge in [-0.05, 0) is 49.2 Å². The van der Waals surface area contributed by atoms with Crippen molar-refractivity contribution in [2.45, 2.75) is 13.8 Å². The Bertz CT molecular complexity index is 820. The highest BCUT2D eigenvalue weighted by atomic mass is 19.1. The fourth-order valence-corrected chi connectivity index (χ4v) is 2.55. The van der Waals surface area contributed by atoms with Gasteiger partial charge in [-0.25, -0.2) is 4.39 Å². The van der Waals surface area contributed by atoms with Crippen molar-refractivity contribution in [3.63, 3.8) is 0 Å². The van der Waals surface area contributed by atoms with Crippen LogP contribution in [0.1, 0.15) is 11.1 Å². The number of nitrogens with one attached hydrogen (secondary N) is 1. The molecule has 2 amide bonds. The van der Waals surface area contributed by atoms with Gasteiger partial charge in [0.1, 0.15) is 18.1 Å². The average Bonchev–Trinajstić information content (AvgIpc) is 2.53. The van der Waals surface area contributed by atoms with Crippen LogP contribution in [-0.4, -0.2) is 25.0 Å². The third kappa shape index (κ3) is 3.22. The van der Waals surface area contributed by atoms with Gasteiger partial charge < -0.3 is 10.1 Å². The summed E-state index contributed by atoms with van der Waals surface area (Å²) >= 11 is 0. The Hall–Kier alpha value is -2.89. The molecule has 0 radical (unpaired) electrons. The van der Waals surface area contributed by atoms with Gasteiger partial charge in [0.05, 0.1) is 5.69 Å². The third-order valence-corrected chi connectivity index (χ3v) is 3.83. The zero-order valence-electron chi connectivity index (χ0n) is 13.4. The fourth-order valence-electron chi connectivity index (χ4n) is 2.55. The summed E-state index contributed by atoms with van der Waals surface area (Å²) in [6.07, 6.45) is 0. The number of nitrogens with zero attached hydrogens (tertiary/aromatic N) is 1. The van der Waals surface area contributed by atoms with E-state index in [1.165, 1.54) is 17.0 Å². The Balaban J connectivity index is 1.79. The molecule has 0 saturated carbocycles. The van der Waals surface area contributed by atoms with Gasteiger partial charge in [0.25, 0.3) is 5.91 Å². The number of hydrogen-bond donors (Lipinski definition) is 1. The monoisotopic (exact) mass is 328 g/mol. The molecule has 0 unspecified atom stereocenters. The number of hydrogen-bond acceptors (Lipinski definition) is 3. The van der Waals surface area contributed by atoms with Gasteiger partial charge >= 0.3 is 0 Å². The third-order valence-electron chi connectivity index (χ3n) is 3.83. The van der Waals surface area contributed by atoms with Gasteiger partial charge in [-0.15, -0.1) is 0 Å². The second-order valence-electron chi connectivity index (χ2n) is 5.75. The molecule has 1 N–H and O–H groups in total. The molecule has 1 aliphatic heterocycles. The molecule has 0 spiro atoms. The smallest absolute Gasteiger partial charge is 0.265 e. The van der Waals surface area contributed by atoms with Crippen LogP contribution in [0.25, 0.3) is 0 Å². The SMILES string of the molecule is Cc1ccc2c(c1)OCC(=O)N2CC(=O)Nc1cc(F)ccc1C. The summed E-state index contributed by atoms with van der Waals surface area (Å²) in [7, 11) is 0. The lowest BCUT2D eigenvalue weighted by Gasteiger charge is -2.29. The van der Waals surface area contributed by atoms with Crippen LogP contribution in [0.3, 0.4) is 0 Å². The van der Waals surface area contributed by atoms with Crippen LogP contribution < -0.4 is 15.0 Å². The summed E-state index contributed by atoms with van der Waals surface area (Å²) in [5.74, 6) is -0.550. The van der Waals surface area contributed by atoms with Crippen LogP contribution in [-0.2, 0) is 9.59 Å². The predicted octanol–water partition coefficient (Wildman–Crippen LogP) is 2.81. The molecular weight excluding hydrogens is 311 g/mol. The Morgan fingerprint density at radius 2 is 2.04 bits per heavy atom. The molecule has 2 aromatic carbocycles. The summed E-state index contributed by atoms with van der Waals surface area (Å²) in [5, 5.41) is 2.65. The second-order valence-corrected chi connectivity index (χ2v) is 5.75. The van der Waals surface area contributed by atoms with Crippen LogP contribution in [0.2, 0.25) is 0 Å². The molecule has 24 heavy (non-hydrogen) atoms. The quantitative estimate of drug-likeness (QED) is 0.942. The van der Waals surface area contributed by atoms with Crippen molar-refractivity contribution < 1.29 is 18.7 Å². The van der Waals surface area contributed by atoms with Gasteiger partial charge in [0.2, 0.25) is 5.91 Å². The minimum atomic E-state index is -0.431. The topological polar surface area (TPSA) is 58.6 Å². The normalized spacial score (nSPS) is 13.3. The van der Waals surface area contributed by atoms with E-state index in [9.17, 15) is 14.0 Å². The highest BCUT2D eigenvalue weighted by Crippen LogP contribution is 2.32. The largest absolute Gasteiger partial charge is 0.482 e. The van der Waals surface area contributed by atoms with E-state index in [1.54, 1.807) is 19.1 Å². The fraction of sp³-hybridized carbons (Fsp3) is 0.222. The van der Waals surface area contributed by atoms with Crippen molar-refractivity contribution >= 4 is 23.2 Å². The van der Waals surface area contributed by atoms with E-state index in [2.05, 4.69) is 5.32 Å². The molecule has 0 atom stereocenters. The number of anilines is 2. The standard InChI is InChI=1S/C18H17FN2O3/c1-11-3-6-15-16(7-11)24-10-18(23)21(15)9-17(22)20-14-8-13(19)5-4-12(14)2/h3-8H,9-10H2,1-2H3,(H,20,22). The van der Waals surface area contributed by atoms with Crippen molar-refractivity contribution in [2.75, 3.05) is 23.4 Å². The average molecular weight is 328 g/mol. The van der Waals surface area contributed by atoms with Gasteiger partial charge in [0, 0.05) is 5.69 Å². The Kier molecular flexibility index (Phi) is 4.20. The maximum atomic E-state index is 13.3. The number of fused-ring (bicyclic) bond motifs is 1. The van der Waals surface area contributed by atoms with E-state index in [0.29, 0.717) is 17.1 Å². The first kappa shape index (κ1) is 16.0. The van der Waals surface area contributed by atoms with Gasteiger partial charge in [-0.2, -0.15) is 0 Å². The van der Waals surface area contributed by atoms with Crippen LogP contribution in [0.4, 0.5) is 15.8 Å². The van der Waals surface area contributed by atoms with E-state index in [4.69, 9.17) is 4.74 Å². The van der Waals surface area contributed by atoms with Crippen LogP contribution in [0, 0.1) is 19.7 Å². The molecule has 124 valence electrons. The van der Waals surface area contributed by atoms with E-state index in [-0.39, 0.29) is 19.1 Å². The zero-order chi connectivity index (χ0) is 17.3. The summed E-state index contributed by atoms with van der Waals surface area (Å²) in [6, 6.07) is 9.60. The molecule has 0 bridgehead atoms. The molecule has 6 heteroatoms. The molecule has 2 aromatic rings. The molecule has 0 aliphatic carbocycles. The highest BCUT2D eigenvalue weighted by molar-refractivity contribution is 6.05. The Morgan fingerprint density at radius 1 is 1.25 bits per heavy atom. The molecule has 0 saturated heterocycles. The van der Waals surface area contributed by atoms with E-state index in [0.717, 1.165) is 11.1 Å². The lowest BCUT2D eigenvalue weighted by molar-refractivity contribution is -0.123. The summed E-state index contributed by atoms with van der Waals surface area (Å²) in [6.45, 7) is 3.42. The first-order valence-corrected chi connectivity index (χ1v) is 7.54. The molecule has 5 nitrogen and oxygen atoms in total. The van der Waals surface area contributed by atoms with Gasteiger partial charge in [0.15, 0.2) is 6.61 Å². The first-order chi connectivity index (χ1) is 11.4. The molecule has 0 aromatic heterocycles. The maximum absolute atomic E-state index is 13.3. The molecule has 3 rings (SSSR count). The number of ether oxygens (including phenoxy) is 1. The molecule has 1 heterocycles. The highest BCUT2D eigenvalue weighted by Gasteiger charge is 2.27. The van der Waals surface area contributed by atoms with Crippen molar-refractivity contribution in [3.05, 3.63) is 53.3 Å². The number of rotatable bonds is 3. The van der Waals surface area contributed by atoms with Crippen molar-refractivity contribution in [2.24, 2.45) is 0 Å². The van der Waals surface area contributed by atoms with Gasteiger partial charge in [-0.1, -0.05) is 12.1 Å². The number of carbonyl (C=O) groups excluding carboxylic acids is 2. The van der Waals surface area contributed by atoms with Crippen molar-refractivity contribution in [3.8, 4) is 5.75 Å². The van der Waals surface area contributed by atoms with Crippen molar-refractivity contribution in [1.82, 2.24) is 0 Å². The lowest BCUT2D eigenvalue weighted by Crippen LogP contribution is -2.43.